The van der Waals surface area contributed by atoms with Crippen LogP contribution in [0.25, 0.3) is 0 Å². The highest BCUT2D eigenvalue weighted by atomic mass is 79.9. The molecule has 1 aliphatic rings. The number of aliphatic hydroxyl groups excluding tert-OH is 1. The lowest BCUT2D eigenvalue weighted by Gasteiger charge is -2.29. The Morgan fingerprint density at radius 1 is 1.71 bits per heavy atom. The number of rotatable bonds is 2. The van der Waals surface area contributed by atoms with Crippen LogP contribution in [0.2, 0.25) is 0 Å². The summed E-state index contributed by atoms with van der Waals surface area (Å²) in [7, 11) is 1.58. The summed E-state index contributed by atoms with van der Waals surface area (Å²) in [5.74, 6) is 0.647. The van der Waals surface area contributed by atoms with E-state index in [1.54, 1.807) is 18.1 Å². The van der Waals surface area contributed by atoms with Gasteiger partial charge in [0.25, 0.3) is 5.91 Å². The first-order chi connectivity index (χ1) is 8.11. The third-order valence-electron chi connectivity index (χ3n) is 2.77. The smallest absolute Gasteiger partial charge is 0.264 e. The first-order valence-corrected chi connectivity index (χ1v) is 7.03. The molecule has 1 saturated heterocycles. The molecule has 2 heterocycles. The zero-order valence-corrected chi connectivity index (χ0v) is 11.9. The maximum Gasteiger partial charge on any atom is 0.264 e. The number of carbonyl (C=O) groups excluding carboxylic acids is 1. The molecule has 1 aliphatic heterocycles. The van der Waals surface area contributed by atoms with E-state index in [4.69, 9.17) is 4.74 Å². The van der Waals surface area contributed by atoms with Crippen LogP contribution in [0.4, 0.5) is 0 Å². The molecule has 0 radical (unpaired) electrons. The van der Waals surface area contributed by atoms with Gasteiger partial charge in [0, 0.05) is 19.2 Å². The van der Waals surface area contributed by atoms with E-state index in [2.05, 4.69) is 15.9 Å². The number of methoxy groups -OCH3 is 1. The molecule has 2 rings (SSSR count). The van der Waals surface area contributed by atoms with Crippen molar-refractivity contribution in [2.45, 2.75) is 18.9 Å². The average Bonchev–Trinajstić information content (AvgIpc) is 2.69. The molecule has 1 aromatic rings. The summed E-state index contributed by atoms with van der Waals surface area (Å²) in [6.45, 7) is 1.14. The molecule has 1 unspecified atom stereocenters. The van der Waals surface area contributed by atoms with Crippen LogP contribution in [0.5, 0.6) is 5.75 Å². The van der Waals surface area contributed by atoms with Crippen LogP contribution in [0, 0.1) is 0 Å². The van der Waals surface area contributed by atoms with E-state index in [1.165, 1.54) is 11.3 Å². The van der Waals surface area contributed by atoms with Gasteiger partial charge in [0.1, 0.15) is 9.54 Å². The largest absolute Gasteiger partial charge is 0.495 e. The highest BCUT2D eigenvalue weighted by Crippen LogP contribution is 2.35. The summed E-state index contributed by atoms with van der Waals surface area (Å²) < 4.78 is 5.95. The molecule has 1 fully saturated rings. The van der Waals surface area contributed by atoms with Crippen LogP contribution in [0.15, 0.2) is 9.85 Å². The van der Waals surface area contributed by atoms with E-state index in [0.29, 0.717) is 23.7 Å². The zero-order chi connectivity index (χ0) is 12.4. The Balaban J connectivity index is 2.13. The number of β-amino-alcohol motifs (C(OH)–C–C–N with tert-alkyl or cyclic N) is 1. The van der Waals surface area contributed by atoms with Gasteiger partial charge < -0.3 is 14.7 Å². The number of hydrogen-bond acceptors (Lipinski definition) is 4. The van der Waals surface area contributed by atoms with Gasteiger partial charge in [-0.25, -0.2) is 0 Å². The van der Waals surface area contributed by atoms with Crippen LogP contribution in [-0.2, 0) is 0 Å². The molecule has 17 heavy (non-hydrogen) atoms. The Labute approximate surface area is 112 Å². The molecule has 6 heteroatoms. The molecule has 1 aromatic heterocycles. The van der Waals surface area contributed by atoms with Crippen molar-refractivity contribution in [1.82, 2.24) is 4.90 Å². The lowest BCUT2D eigenvalue weighted by atomic mass is 10.1. The van der Waals surface area contributed by atoms with E-state index in [0.717, 1.165) is 16.6 Å². The van der Waals surface area contributed by atoms with Crippen molar-refractivity contribution in [2.24, 2.45) is 0 Å². The van der Waals surface area contributed by atoms with Gasteiger partial charge in [0.05, 0.1) is 18.1 Å². The molecule has 0 bridgehead atoms. The molecule has 1 atom stereocenters. The zero-order valence-electron chi connectivity index (χ0n) is 9.48. The third-order valence-corrected chi connectivity index (χ3v) is 4.54. The summed E-state index contributed by atoms with van der Waals surface area (Å²) >= 11 is 4.72. The van der Waals surface area contributed by atoms with Crippen molar-refractivity contribution in [1.29, 1.82) is 0 Å². The number of ether oxygens (including phenoxy) is 1. The van der Waals surface area contributed by atoms with Gasteiger partial charge >= 0.3 is 0 Å². The number of aliphatic hydroxyl groups is 1. The van der Waals surface area contributed by atoms with Crippen LogP contribution in [0.1, 0.15) is 22.5 Å². The molecule has 0 spiro atoms. The fourth-order valence-electron chi connectivity index (χ4n) is 1.89. The lowest BCUT2D eigenvalue weighted by Crippen LogP contribution is -2.41. The predicted molar refractivity (Wildman–Crippen MR) is 69.7 cm³/mol. The first-order valence-electron chi connectivity index (χ1n) is 5.42. The number of thiophene rings is 1. The molecule has 1 amide bonds. The molecular formula is C11H14BrNO3S. The van der Waals surface area contributed by atoms with Crippen LogP contribution in [0.3, 0.4) is 0 Å². The molecule has 1 N–H and O–H groups in total. The minimum absolute atomic E-state index is 0.0299. The van der Waals surface area contributed by atoms with Gasteiger partial charge in [-0.1, -0.05) is 0 Å². The van der Waals surface area contributed by atoms with Crippen LogP contribution < -0.4 is 4.74 Å². The Morgan fingerprint density at radius 2 is 2.47 bits per heavy atom. The monoisotopic (exact) mass is 319 g/mol. The Morgan fingerprint density at radius 3 is 3.06 bits per heavy atom. The van der Waals surface area contributed by atoms with Gasteiger partial charge in [-0.15, -0.1) is 11.3 Å². The SMILES string of the molecule is COc1cc(C(=O)N2CCCC(O)C2)sc1Br. The van der Waals surface area contributed by atoms with E-state index >= 15 is 0 Å². The topological polar surface area (TPSA) is 49.8 Å². The van der Waals surface area contributed by atoms with E-state index < -0.39 is 6.10 Å². The fourth-order valence-corrected chi connectivity index (χ4v) is 3.51. The van der Waals surface area contributed by atoms with Crippen LogP contribution in [-0.4, -0.2) is 42.2 Å². The minimum Gasteiger partial charge on any atom is -0.495 e. The van der Waals surface area contributed by atoms with Gasteiger partial charge in [-0.3, -0.25) is 4.79 Å². The van der Waals surface area contributed by atoms with Crippen molar-refractivity contribution in [2.75, 3.05) is 20.2 Å². The Hall–Kier alpha value is -0.590. The van der Waals surface area contributed by atoms with Crippen LogP contribution >= 0.6 is 27.3 Å². The van der Waals surface area contributed by atoms with Crippen molar-refractivity contribution in [3.63, 3.8) is 0 Å². The number of halogens is 1. The summed E-state index contributed by atoms with van der Waals surface area (Å²) in [5, 5.41) is 9.56. The van der Waals surface area contributed by atoms with Gasteiger partial charge in [-0.2, -0.15) is 0 Å². The molecule has 0 saturated carbocycles. The predicted octanol–water partition coefficient (Wildman–Crippen LogP) is 2.12. The number of nitrogens with zero attached hydrogens (tertiary/aromatic N) is 1. The van der Waals surface area contributed by atoms with Crippen molar-refractivity contribution in [3.05, 3.63) is 14.7 Å². The maximum absolute atomic E-state index is 12.2. The Bertz CT molecular complexity index is 421. The molecule has 0 aliphatic carbocycles. The van der Waals surface area contributed by atoms with Gasteiger partial charge in [-0.05, 0) is 28.8 Å². The maximum atomic E-state index is 12.2. The van der Waals surface area contributed by atoms with Crippen molar-refractivity contribution >= 4 is 33.2 Å². The number of hydrogen-bond donors (Lipinski definition) is 1. The number of piperidine rings is 1. The van der Waals surface area contributed by atoms with E-state index in [1.807, 2.05) is 0 Å². The fraction of sp³-hybridized carbons (Fsp3) is 0.545. The second-order valence-corrected chi connectivity index (χ2v) is 6.37. The summed E-state index contributed by atoms with van der Waals surface area (Å²) in [6.07, 6.45) is 1.25. The van der Waals surface area contributed by atoms with Gasteiger partial charge in [0.15, 0.2) is 0 Å². The first kappa shape index (κ1) is 12.9. The highest BCUT2D eigenvalue weighted by Gasteiger charge is 2.25. The minimum atomic E-state index is -0.391. The Kier molecular flexibility index (Phi) is 4.06. The summed E-state index contributed by atoms with van der Waals surface area (Å²) in [4.78, 5) is 14.5. The summed E-state index contributed by atoms with van der Waals surface area (Å²) in [5.41, 5.74) is 0. The van der Waals surface area contributed by atoms with Crippen molar-refractivity contribution in [3.8, 4) is 5.75 Å². The molecular weight excluding hydrogens is 306 g/mol. The normalized spacial score (nSPS) is 20.4. The second-order valence-electron chi connectivity index (χ2n) is 4.00. The van der Waals surface area contributed by atoms with Crippen molar-refractivity contribution < 1.29 is 14.6 Å². The van der Waals surface area contributed by atoms with E-state index in [9.17, 15) is 9.90 Å². The molecule has 0 aromatic carbocycles. The van der Waals surface area contributed by atoms with E-state index in [-0.39, 0.29) is 5.91 Å². The third kappa shape index (κ3) is 2.81. The number of amides is 1. The number of carbonyl (C=O) groups is 1. The summed E-state index contributed by atoms with van der Waals surface area (Å²) in [6, 6.07) is 1.73. The van der Waals surface area contributed by atoms with Gasteiger partial charge in [0.2, 0.25) is 0 Å². The molecule has 94 valence electrons. The standard InChI is InChI=1S/C11H14BrNO3S/c1-16-8-5-9(17-10(8)12)11(15)13-4-2-3-7(14)6-13/h5,7,14H,2-4,6H2,1H3. The average molecular weight is 320 g/mol. The quantitative estimate of drug-likeness (QED) is 0.908. The lowest BCUT2D eigenvalue weighted by molar-refractivity contribution is 0.0477. The molecule has 4 nitrogen and oxygen atoms in total. The number of likely N-dealkylation sites (tertiary alicyclic amines) is 1. The highest BCUT2D eigenvalue weighted by molar-refractivity contribution is 9.11. The second kappa shape index (κ2) is 5.37.